The first kappa shape index (κ1) is 18.5. The van der Waals surface area contributed by atoms with Crippen LogP contribution in [-0.2, 0) is 16.1 Å². The van der Waals surface area contributed by atoms with Crippen molar-refractivity contribution in [3.8, 4) is 0 Å². The number of aryl methyl sites for hydroxylation is 1. The van der Waals surface area contributed by atoms with Crippen molar-refractivity contribution >= 4 is 23.2 Å². The molecule has 3 aromatic rings. The number of thiazole rings is 1. The van der Waals surface area contributed by atoms with Crippen LogP contribution in [0.25, 0.3) is 0 Å². The van der Waals surface area contributed by atoms with Gasteiger partial charge < -0.3 is 14.5 Å². The van der Waals surface area contributed by atoms with E-state index in [-0.39, 0.29) is 5.56 Å². The normalized spacial score (nSPS) is 11.4. The number of carbonyl (C=O) groups is 2. The molecule has 0 N–H and O–H groups in total. The lowest BCUT2D eigenvalue weighted by atomic mass is 10.1. The van der Waals surface area contributed by atoms with Crippen molar-refractivity contribution in [1.29, 1.82) is 0 Å². The van der Waals surface area contributed by atoms with Crippen molar-refractivity contribution in [2.75, 3.05) is 6.61 Å². The second-order valence-electron chi connectivity index (χ2n) is 5.83. The number of aromatic nitrogens is 2. The zero-order valence-corrected chi connectivity index (χ0v) is 15.4. The molecule has 27 heavy (non-hydrogen) atoms. The van der Waals surface area contributed by atoms with E-state index >= 15 is 0 Å². The molecule has 0 saturated heterocycles. The minimum Gasteiger partial charge on any atom is -0.619 e. The highest BCUT2D eigenvalue weighted by atomic mass is 32.1. The van der Waals surface area contributed by atoms with Gasteiger partial charge >= 0.3 is 5.97 Å². The molecule has 138 valence electrons. The first-order chi connectivity index (χ1) is 13.0. The molecule has 0 aliphatic rings. The maximum Gasteiger partial charge on any atom is 0.339 e. The van der Waals surface area contributed by atoms with Crippen LogP contribution in [0, 0.1) is 12.1 Å². The van der Waals surface area contributed by atoms with E-state index in [1.54, 1.807) is 0 Å². The molecule has 0 unspecified atom stereocenters. The maximum absolute atomic E-state index is 12.0. The predicted molar refractivity (Wildman–Crippen MR) is 98.8 cm³/mol. The SMILES string of the molecule is Cc1ccc(Cn2ccsc2=NC(=O)COC(=O)c2cc[n+]([O-])cc2)cc1. The van der Waals surface area contributed by atoms with Gasteiger partial charge in [0.1, 0.15) is 0 Å². The van der Waals surface area contributed by atoms with Gasteiger partial charge in [-0.25, -0.2) is 4.79 Å². The number of benzene rings is 1. The van der Waals surface area contributed by atoms with Crippen molar-refractivity contribution in [3.63, 3.8) is 0 Å². The van der Waals surface area contributed by atoms with Crippen molar-refractivity contribution in [3.05, 3.63) is 87.1 Å². The maximum atomic E-state index is 12.0. The van der Waals surface area contributed by atoms with Gasteiger partial charge in [0, 0.05) is 30.3 Å². The van der Waals surface area contributed by atoms with Crippen LogP contribution >= 0.6 is 11.3 Å². The van der Waals surface area contributed by atoms with E-state index in [1.165, 1.54) is 41.4 Å². The largest absolute Gasteiger partial charge is 0.619 e. The van der Waals surface area contributed by atoms with Gasteiger partial charge in [0.25, 0.3) is 5.91 Å². The molecule has 2 aromatic heterocycles. The van der Waals surface area contributed by atoms with Gasteiger partial charge in [-0.05, 0) is 12.5 Å². The van der Waals surface area contributed by atoms with E-state index in [2.05, 4.69) is 4.99 Å². The molecular formula is C19H17N3O4S. The zero-order valence-electron chi connectivity index (χ0n) is 14.6. The summed E-state index contributed by atoms with van der Waals surface area (Å²) in [5.74, 6) is -1.24. The molecule has 1 aromatic carbocycles. The van der Waals surface area contributed by atoms with E-state index in [0.717, 1.165) is 5.56 Å². The topological polar surface area (TPSA) is 87.6 Å². The highest BCUT2D eigenvalue weighted by molar-refractivity contribution is 7.07. The molecule has 0 atom stereocenters. The second-order valence-corrected chi connectivity index (χ2v) is 6.70. The number of ether oxygens (including phenoxy) is 1. The minimum atomic E-state index is -0.683. The third-order valence-corrected chi connectivity index (χ3v) is 4.51. The van der Waals surface area contributed by atoms with Crippen molar-refractivity contribution in [1.82, 2.24) is 4.57 Å². The Bertz CT molecular complexity index is 1000. The first-order valence-electron chi connectivity index (χ1n) is 8.14. The molecule has 2 heterocycles. The van der Waals surface area contributed by atoms with Gasteiger partial charge in [-0.2, -0.15) is 9.72 Å². The second kappa shape index (κ2) is 8.41. The first-order valence-corrected chi connectivity index (χ1v) is 9.02. The summed E-state index contributed by atoms with van der Waals surface area (Å²) in [6.07, 6.45) is 4.22. The predicted octanol–water partition coefficient (Wildman–Crippen LogP) is 1.82. The van der Waals surface area contributed by atoms with Crippen LogP contribution in [0.4, 0.5) is 0 Å². The Kier molecular flexibility index (Phi) is 5.77. The van der Waals surface area contributed by atoms with E-state index in [4.69, 9.17) is 4.74 Å². The van der Waals surface area contributed by atoms with E-state index in [1.807, 2.05) is 47.3 Å². The number of amides is 1. The number of carbonyl (C=O) groups excluding carboxylic acids is 2. The monoisotopic (exact) mass is 383 g/mol. The minimum absolute atomic E-state index is 0.195. The third-order valence-electron chi connectivity index (χ3n) is 3.72. The molecule has 7 nitrogen and oxygen atoms in total. The number of esters is 1. The summed E-state index contributed by atoms with van der Waals surface area (Å²) in [5, 5.41) is 12.8. The Hall–Kier alpha value is -3.26. The molecular weight excluding hydrogens is 366 g/mol. The van der Waals surface area contributed by atoms with Gasteiger partial charge in [-0.15, -0.1) is 11.3 Å². The number of pyridine rings is 1. The number of nitrogens with zero attached hydrogens (tertiary/aromatic N) is 3. The highest BCUT2D eigenvalue weighted by Crippen LogP contribution is 2.05. The lowest BCUT2D eigenvalue weighted by molar-refractivity contribution is -0.605. The fourth-order valence-corrected chi connectivity index (χ4v) is 3.04. The number of hydrogen-bond donors (Lipinski definition) is 0. The van der Waals surface area contributed by atoms with E-state index in [0.29, 0.717) is 16.1 Å². The van der Waals surface area contributed by atoms with Crippen molar-refractivity contribution < 1.29 is 19.1 Å². The summed E-state index contributed by atoms with van der Waals surface area (Å²) < 4.78 is 7.37. The van der Waals surface area contributed by atoms with E-state index in [9.17, 15) is 14.8 Å². The molecule has 0 saturated carbocycles. The van der Waals surface area contributed by atoms with Crippen LogP contribution in [0.5, 0.6) is 0 Å². The molecule has 0 spiro atoms. The summed E-state index contributed by atoms with van der Waals surface area (Å²) in [4.78, 5) is 28.5. The van der Waals surface area contributed by atoms with E-state index < -0.39 is 18.5 Å². The summed E-state index contributed by atoms with van der Waals surface area (Å²) in [6, 6.07) is 10.8. The van der Waals surface area contributed by atoms with Crippen LogP contribution in [0.1, 0.15) is 21.5 Å². The van der Waals surface area contributed by atoms with Gasteiger partial charge in [-0.1, -0.05) is 29.8 Å². The molecule has 0 aliphatic carbocycles. The molecule has 3 rings (SSSR count). The molecule has 0 fully saturated rings. The molecule has 1 amide bonds. The van der Waals surface area contributed by atoms with Gasteiger partial charge in [0.15, 0.2) is 23.8 Å². The van der Waals surface area contributed by atoms with Crippen molar-refractivity contribution in [2.45, 2.75) is 13.5 Å². The molecule has 8 heteroatoms. The average Bonchev–Trinajstić information content (AvgIpc) is 3.09. The Morgan fingerprint density at radius 1 is 1.19 bits per heavy atom. The van der Waals surface area contributed by atoms with Gasteiger partial charge in [-0.3, -0.25) is 4.79 Å². The van der Waals surface area contributed by atoms with Gasteiger partial charge in [0.05, 0.1) is 5.56 Å². The number of rotatable bonds is 5. The van der Waals surface area contributed by atoms with Crippen LogP contribution in [0.2, 0.25) is 0 Å². The smallest absolute Gasteiger partial charge is 0.339 e. The lowest BCUT2D eigenvalue weighted by Crippen LogP contribution is -2.25. The Morgan fingerprint density at radius 2 is 1.89 bits per heavy atom. The van der Waals surface area contributed by atoms with Crippen LogP contribution < -0.4 is 9.53 Å². The Labute approximate surface area is 159 Å². The Morgan fingerprint density at radius 3 is 2.59 bits per heavy atom. The molecule has 0 bridgehead atoms. The summed E-state index contributed by atoms with van der Waals surface area (Å²) >= 11 is 1.33. The van der Waals surface area contributed by atoms with Crippen LogP contribution in [0.15, 0.2) is 65.4 Å². The zero-order chi connectivity index (χ0) is 19.2. The fourth-order valence-electron chi connectivity index (χ4n) is 2.30. The quantitative estimate of drug-likeness (QED) is 0.382. The fraction of sp³-hybridized carbons (Fsp3) is 0.158. The summed E-state index contributed by atoms with van der Waals surface area (Å²) in [5.41, 5.74) is 2.47. The summed E-state index contributed by atoms with van der Waals surface area (Å²) in [6.45, 7) is 2.15. The summed E-state index contributed by atoms with van der Waals surface area (Å²) in [7, 11) is 0. The number of hydrogen-bond acceptors (Lipinski definition) is 5. The molecule has 0 aliphatic heterocycles. The third kappa shape index (κ3) is 5.11. The van der Waals surface area contributed by atoms with Crippen LogP contribution in [0.3, 0.4) is 0 Å². The standard InChI is InChI=1S/C19H17N3O4S/c1-14-2-4-15(5-3-14)12-21-10-11-27-19(21)20-17(23)13-26-18(24)16-6-8-22(25)9-7-16/h2-11H,12-13H2,1H3. The Balaban J connectivity index is 1.63. The van der Waals surface area contributed by atoms with Crippen molar-refractivity contribution in [2.24, 2.45) is 4.99 Å². The lowest BCUT2D eigenvalue weighted by Gasteiger charge is -2.04. The van der Waals surface area contributed by atoms with Crippen LogP contribution in [-0.4, -0.2) is 23.1 Å². The average molecular weight is 383 g/mol. The molecule has 0 radical (unpaired) electrons. The highest BCUT2D eigenvalue weighted by Gasteiger charge is 2.11. The van der Waals surface area contributed by atoms with Gasteiger partial charge in [0.2, 0.25) is 0 Å².